The fraction of sp³-hybridized carbons (Fsp3) is 0.500. The van der Waals surface area contributed by atoms with Crippen LogP contribution in [0.2, 0.25) is 0 Å². The summed E-state index contributed by atoms with van der Waals surface area (Å²) in [6.07, 6.45) is -0.113. The standard InChI is InChI=1S/C18H26N2O4/c1-12(2)18(4,11-17(23)24)20-16(22)10-15(19-13(3)21)14-8-6-5-7-9-14/h5-9,12,15H,10-11H2,1-4H3,(H,19,21)(H,20,22)(H,23,24). The first kappa shape index (κ1) is 19.7. The maximum absolute atomic E-state index is 12.5. The number of carbonyl (C=O) groups excluding carboxylic acids is 2. The van der Waals surface area contributed by atoms with Crippen LogP contribution in [0.5, 0.6) is 0 Å². The third-order valence-corrected chi connectivity index (χ3v) is 4.19. The third-order valence-electron chi connectivity index (χ3n) is 4.19. The molecule has 24 heavy (non-hydrogen) atoms. The summed E-state index contributed by atoms with van der Waals surface area (Å²) in [5, 5.41) is 14.7. The zero-order chi connectivity index (χ0) is 18.3. The van der Waals surface area contributed by atoms with Gasteiger partial charge in [0.1, 0.15) is 0 Å². The van der Waals surface area contributed by atoms with Crippen molar-refractivity contribution < 1.29 is 19.5 Å². The number of carbonyl (C=O) groups is 3. The van der Waals surface area contributed by atoms with Crippen molar-refractivity contribution in [2.45, 2.75) is 52.1 Å². The zero-order valence-corrected chi connectivity index (χ0v) is 14.6. The van der Waals surface area contributed by atoms with E-state index in [0.717, 1.165) is 5.56 Å². The Morgan fingerprint density at radius 2 is 1.75 bits per heavy atom. The lowest BCUT2D eigenvalue weighted by Gasteiger charge is -2.34. The average Bonchev–Trinajstić information content (AvgIpc) is 2.45. The predicted octanol–water partition coefficient (Wildman–Crippen LogP) is 2.26. The largest absolute Gasteiger partial charge is 0.481 e. The number of carboxylic acid groups (broad SMARTS) is 1. The van der Waals surface area contributed by atoms with Crippen LogP contribution in [-0.2, 0) is 14.4 Å². The van der Waals surface area contributed by atoms with Crippen LogP contribution in [0, 0.1) is 5.92 Å². The van der Waals surface area contributed by atoms with Crippen LogP contribution < -0.4 is 10.6 Å². The minimum absolute atomic E-state index is 0.0471. The Morgan fingerprint density at radius 1 is 1.17 bits per heavy atom. The lowest BCUT2D eigenvalue weighted by molar-refractivity contribution is -0.139. The van der Waals surface area contributed by atoms with Gasteiger partial charge in [-0.05, 0) is 18.4 Å². The van der Waals surface area contributed by atoms with Gasteiger partial charge in [-0.15, -0.1) is 0 Å². The van der Waals surface area contributed by atoms with Gasteiger partial charge in [-0.3, -0.25) is 14.4 Å². The maximum Gasteiger partial charge on any atom is 0.305 e. The van der Waals surface area contributed by atoms with E-state index in [1.165, 1.54) is 6.92 Å². The Balaban J connectivity index is 2.87. The molecule has 0 saturated heterocycles. The van der Waals surface area contributed by atoms with E-state index in [4.69, 9.17) is 5.11 Å². The first-order chi connectivity index (χ1) is 11.1. The summed E-state index contributed by atoms with van der Waals surface area (Å²) in [4.78, 5) is 35.0. The van der Waals surface area contributed by atoms with E-state index in [0.29, 0.717) is 0 Å². The summed E-state index contributed by atoms with van der Waals surface area (Å²) < 4.78 is 0. The van der Waals surface area contributed by atoms with E-state index >= 15 is 0 Å². The molecule has 0 radical (unpaired) electrons. The Hall–Kier alpha value is -2.37. The Bertz CT molecular complexity index is 586. The van der Waals surface area contributed by atoms with Crippen LogP contribution in [0.4, 0.5) is 0 Å². The molecular formula is C18H26N2O4. The normalized spacial score (nSPS) is 14.5. The summed E-state index contributed by atoms with van der Waals surface area (Å²) in [6.45, 7) is 6.85. The molecule has 0 aliphatic heterocycles. The second-order valence-corrected chi connectivity index (χ2v) is 6.56. The lowest BCUT2D eigenvalue weighted by atomic mass is 9.85. The van der Waals surface area contributed by atoms with Crippen LogP contribution in [-0.4, -0.2) is 28.4 Å². The molecule has 1 rings (SSSR count). The molecular weight excluding hydrogens is 308 g/mol. The molecule has 0 bridgehead atoms. The summed E-state index contributed by atoms with van der Waals surface area (Å²) in [5.74, 6) is -1.54. The Labute approximate surface area is 142 Å². The first-order valence-corrected chi connectivity index (χ1v) is 7.99. The van der Waals surface area contributed by atoms with Gasteiger partial charge in [-0.1, -0.05) is 44.2 Å². The van der Waals surface area contributed by atoms with Crippen molar-refractivity contribution >= 4 is 17.8 Å². The van der Waals surface area contributed by atoms with Crippen molar-refractivity contribution in [3.05, 3.63) is 35.9 Å². The molecule has 2 unspecified atom stereocenters. The molecule has 0 spiro atoms. The molecule has 6 nitrogen and oxygen atoms in total. The number of hydrogen-bond acceptors (Lipinski definition) is 3. The minimum atomic E-state index is -0.965. The van der Waals surface area contributed by atoms with Crippen LogP contribution in [0.1, 0.15) is 52.1 Å². The third kappa shape index (κ3) is 6.02. The van der Waals surface area contributed by atoms with Gasteiger partial charge in [-0.2, -0.15) is 0 Å². The highest BCUT2D eigenvalue weighted by Gasteiger charge is 2.33. The molecule has 0 fully saturated rings. The molecule has 2 amide bonds. The summed E-state index contributed by atoms with van der Waals surface area (Å²) in [6, 6.07) is 8.76. The van der Waals surface area contributed by atoms with Gasteiger partial charge in [0.15, 0.2) is 0 Å². The van der Waals surface area contributed by atoms with E-state index < -0.39 is 17.6 Å². The number of nitrogens with one attached hydrogen (secondary N) is 2. The van der Waals surface area contributed by atoms with E-state index in [9.17, 15) is 14.4 Å². The summed E-state index contributed by atoms with van der Waals surface area (Å²) in [5.41, 5.74) is -0.0206. The number of rotatable bonds is 8. The van der Waals surface area contributed by atoms with Crippen molar-refractivity contribution in [1.82, 2.24) is 10.6 Å². The Morgan fingerprint density at radius 3 is 2.21 bits per heavy atom. The van der Waals surface area contributed by atoms with Crippen LogP contribution in [0.3, 0.4) is 0 Å². The second kappa shape index (κ2) is 8.47. The molecule has 0 aromatic heterocycles. The van der Waals surface area contributed by atoms with Gasteiger partial charge in [0.2, 0.25) is 11.8 Å². The molecule has 1 aromatic rings. The van der Waals surface area contributed by atoms with Crippen molar-refractivity contribution in [2.75, 3.05) is 0 Å². The molecule has 0 aliphatic carbocycles. The molecule has 1 aromatic carbocycles. The first-order valence-electron chi connectivity index (χ1n) is 7.99. The molecule has 3 N–H and O–H groups in total. The highest BCUT2D eigenvalue weighted by atomic mass is 16.4. The number of amides is 2. The fourth-order valence-electron chi connectivity index (χ4n) is 2.44. The lowest BCUT2D eigenvalue weighted by Crippen LogP contribution is -2.52. The van der Waals surface area contributed by atoms with Gasteiger partial charge in [0.05, 0.1) is 18.9 Å². The van der Waals surface area contributed by atoms with Crippen LogP contribution >= 0.6 is 0 Å². The number of carboxylic acids is 1. The van der Waals surface area contributed by atoms with Crippen molar-refractivity contribution in [3.8, 4) is 0 Å². The second-order valence-electron chi connectivity index (χ2n) is 6.56. The summed E-state index contributed by atoms with van der Waals surface area (Å²) >= 11 is 0. The molecule has 132 valence electrons. The Kier molecular flexibility index (Phi) is 6.95. The topological polar surface area (TPSA) is 95.5 Å². The summed E-state index contributed by atoms with van der Waals surface area (Å²) in [7, 11) is 0. The van der Waals surface area contributed by atoms with Crippen molar-refractivity contribution in [1.29, 1.82) is 0 Å². The van der Waals surface area contributed by atoms with Crippen LogP contribution in [0.15, 0.2) is 30.3 Å². The number of aliphatic carboxylic acids is 1. The van der Waals surface area contributed by atoms with Gasteiger partial charge < -0.3 is 15.7 Å². The maximum atomic E-state index is 12.5. The average molecular weight is 334 g/mol. The highest BCUT2D eigenvalue weighted by Crippen LogP contribution is 2.23. The van der Waals surface area contributed by atoms with Gasteiger partial charge >= 0.3 is 5.97 Å². The quantitative estimate of drug-likeness (QED) is 0.679. The molecule has 0 heterocycles. The number of benzene rings is 1. The van der Waals surface area contributed by atoms with Gasteiger partial charge in [0.25, 0.3) is 0 Å². The minimum Gasteiger partial charge on any atom is -0.481 e. The molecule has 2 atom stereocenters. The van der Waals surface area contributed by atoms with E-state index in [-0.39, 0.29) is 30.6 Å². The zero-order valence-electron chi connectivity index (χ0n) is 14.6. The van der Waals surface area contributed by atoms with E-state index in [1.54, 1.807) is 6.92 Å². The van der Waals surface area contributed by atoms with Crippen LogP contribution in [0.25, 0.3) is 0 Å². The van der Waals surface area contributed by atoms with Crippen molar-refractivity contribution in [2.24, 2.45) is 5.92 Å². The van der Waals surface area contributed by atoms with E-state index in [2.05, 4.69) is 10.6 Å². The predicted molar refractivity (Wildman–Crippen MR) is 91.3 cm³/mol. The SMILES string of the molecule is CC(=O)NC(CC(=O)NC(C)(CC(=O)O)C(C)C)c1ccccc1. The monoisotopic (exact) mass is 334 g/mol. The smallest absolute Gasteiger partial charge is 0.305 e. The molecule has 0 saturated carbocycles. The number of hydrogen-bond donors (Lipinski definition) is 3. The molecule has 0 aliphatic rings. The van der Waals surface area contributed by atoms with Crippen molar-refractivity contribution in [3.63, 3.8) is 0 Å². The fourth-order valence-corrected chi connectivity index (χ4v) is 2.44. The van der Waals surface area contributed by atoms with Gasteiger partial charge in [-0.25, -0.2) is 0 Å². The van der Waals surface area contributed by atoms with Gasteiger partial charge in [0, 0.05) is 12.5 Å². The molecule has 6 heteroatoms. The highest BCUT2D eigenvalue weighted by molar-refractivity contribution is 5.80. The van der Waals surface area contributed by atoms with E-state index in [1.807, 2.05) is 44.2 Å².